The van der Waals surface area contributed by atoms with Crippen molar-refractivity contribution in [2.45, 2.75) is 13.3 Å². The predicted octanol–water partition coefficient (Wildman–Crippen LogP) is 2.50. The number of nitrogens with one attached hydrogen (secondary N) is 1. The first-order chi connectivity index (χ1) is 9.75. The van der Waals surface area contributed by atoms with E-state index in [1.807, 2.05) is 0 Å². The summed E-state index contributed by atoms with van der Waals surface area (Å²) in [6.07, 6.45) is 1.72. The van der Waals surface area contributed by atoms with Crippen molar-refractivity contribution in [1.82, 2.24) is 9.62 Å². The van der Waals surface area contributed by atoms with Crippen LogP contribution in [0, 0.1) is 0 Å². The minimum absolute atomic E-state index is 0.274. The van der Waals surface area contributed by atoms with Gasteiger partial charge in [-0.2, -0.15) is 0 Å². The Morgan fingerprint density at radius 1 is 1.43 bits per heavy atom. The summed E-state index contributed by atoms with van der Waals surface area (Å²) in [7, 11) is -3.19. The molecule has 0 aliphatic rings. The summed E-state index contributed by atoms with van der Waals surface area (Å²) in [5.41, 5.74) is 0.390. The third-order valence-corrected chi connectivity index (χ3v) is 5.07. The second kappa shape index (κ2) is 8.12. The first-order valence-corrected chi connectivity index (χ1v) is 9.46. The van der Waals surface area contributed by atoms with Crippen molar-refractivity contribution in [2.75, 3.05) is 25.9 Å². The third kappa shape index (κ3) is 5.94. The molecule has 0 aliphatic heterocycles. The Morgan fingerprint density at radius 3 is 2.67 bits per heavy atom. The predicted molar refractivity (Wildman–Crippen MR) is 88.2 cm³/mol. The van der Waals surface area contributed by atoms with Gasteiger partial charge in [-0.1, -0.05) is 34.5 Å². The molecule has 0 unspecified atom stereocenters. The van der Waals surface area contributed by atoms with Gasteiger partial charge in [-0.25, -0.2) is 12.7 Å². The van der Waals surface area contributed by atoms with Gasteiger partial charge in [0.1, 0.15) is 0 Å². The highest BCUT2D eigenvalue weighted by atomic mass is 79.9. The average molecular weight is 398 g/mol. The van der Waals surface area contributed by atoms with Gasteiger partial charge < -0.3 is 5.32 Å². The van der Waals surface area contributed by atoms with Crippen molar-refractivity contribution in [2.24, 2.45) is 0 Å². The summed E-state index contributed by atoms with van der Waals surface area (Å²) >= 11 is 9.25. The number of hydrogen-bond acceptors (Lipinski definition) is 3. The molecular formula is C13H18BrClN2O3S. The van der Waals surface area contributed by atoms with E-state index in [1.165, 1.54) is 10.6 Å². The zero-order valence-electron chi connectivity index (χ0n) is 11.9. The van der Waals surface area contributed by atoms with Gasteiger partial charge in [0.2, 0.25) is 10.0 Å². The van der Waals surface area contributed by atoms with E-state index in [1.54, 1.807) is 25.1 Å². The maximum atomic E-state index is 12.0. The zero-order chi connectivity index (χ0) is 16.0. The van der Waals surface area contributed by atoms with Crippen LogP contribution in [-0.2, 0) is 10.0 Å². The van der Waals surface area contributed by atoms with E-state index in [0.29, 0.717) is 36.6 Å². The lowest BCUT2D eigenvalue weighted by atomic mass is 10.2. The molecule has 1 N–H and O–H groups in total. The molecule has 0 saturated heterocycles. The van der Waals surface area contributed by atoms with Gasteiger partial charge in [0.15, 0.2) is 0 Å². The van der Waals surface area contributed by atoms with Crippen molar-refractivity contribution >= 4 is 43.5 Å². The molecule has 0 bridgehead atoms. The van der Waals surface area contributed by atoms with Crippen LogP contribution in [0.3, 0.4) is 0 Å². The van der Waals surface area contributed by atoms with Gasteiger partial charge in [-0.3, -0.25) is 4.79 Å². The van der Waals surface area contributed by atoms with Crippen LogP contribution in [0.4, 0.5) is 0 Å². The quantitative estimate of drug-likeness (QED) is 0.719. The smallest absolute Gasteiger partial charge is 0.252 e. The Morgan fingerprint density at radius 2 is 2.10 bits per heavy atom. The maximum Gasteiger partial charge on any atom is 0.252 e. The molecule has 0 spiro atoms. The van der Waals surface area contributed by atoms with E-state index in [0.717, 1.165) is 4.47 Å². The highest BCUT2D eigenvalue weighted by molar-refractivity contribution is 9.10. The summed E-state index contributed by atoms with van der Waals surface area (Å²) in [6.45, 7) is 2.96. The first-order valence-electron chi connectivity index (χ1n) is 6.44. The van der Waals surface area contributed by atoms with Gasteiger partial charge in [-0.05, 0) is 24.6 Å². The van der Waals surface area contributed by atoms with Gasteiger partial charge in [0.25, 0.3) is 5.91 Å². The zero-order valence-corrected chi connectivity index (χ0v) is 15.1. The molecule has 1 aromatic rings. The number of halogens is 2. The number of nitrogens with zero attached hydrogens (tertiary/aromatic N) is 1. The lowest BCUT2D eigenvalue weighted by molar-refractivity contribution is 0.0953. The molecule has 1 rings (SSSR count). The molecule has 0 aliphatic carbocycles. The number of benzene rings is 1. The molecule has 21 heavy (non-hydrogen) atoms. The highest BCUT2D eigenvalue weighted by Gasteiger charge is 2.14. The number of amides is 1. The summed E-state index contributed by atoms with van der Waals surface area (Å²) in [4.78, 5) is 12.0. The topological polar surface area (TPSA) is 66.5 Å². The van der Waals surface area contributed by atoms with E-state index < -0.39 is 10.0 Å². The van der Waals surface area contributed by atoms with Gasteiger partial charge in [-0.15, -0.1) is 0 Å². The molecule has 0 heterocycles. The molecule has 0 atom stereocenters. The first kappa shape index (κ1) is 18.4. The molecule has 0 saturated carbocycles. The molecule has 8 heteroatoms. The summed E-state index contributed by atoms with van der Waals surface area (Å²) in [5, 5.41) is 3.11. The average Bonchev–Trinajstić information content (AvgIpc) is 2.39. The van der Waals surface area contributed by atoms with Gasteiger partial charge in [0.05, 0.1) is 16.8 Å². The summed E-state index contributed by atoms with van der Waals surface area (Å²) in [6, 6.07) is 5.04. The number of sulfonamides is 1. The molecule has 0 radical (unpaired) electrons. The number of hydrogen-bond donors (Lipinski definition) is 1. The fourth-order valence-corrected chi connectivity index (χ4v) is 3.28. The van der Waals surface area contributed by atoms with Crippen LogP contribution in [0.2, 0.25) is 5.02 Å². The fourth-order valence-electron chi connectivity index (χ4n) is 1.78. The molecular weight excluding hydrogens is 380 g/mol. The molecule has 0 aromatic heterocycles. The van der Waals surface area contributed by atoms with Gasteiger partial charge >= 0.3 is 0 Å². The number of carbonyl (C=O) groups is 1. The van der Waals surface area contributed by atoms with Crippen molar-refractivity contribution in [1.29, 1.82) is 0 Å². The van der Waals surface area contributed by atoms with E-state index >= 15 is 0 Å². The van der Waals surface area contributed by atoms with Crippen LogP contribution in [0.1, 0.15) is 23.7 Å². The van der Waals surface area contributed by atoms with Crippen molar-refractivity contribution in [3.63, 3.8) is 0 Å². The molecule has 0 fully saturated rings. The summed E-state index contributed by atoms with van der Waals surface area (Å²) < 4.78 is 25.0. The van der Waals surface area contributed by atoms with Crippen LogP contribution >= 0.6 is 27.5 Å². The Hall–Kier alpha value is -0.630. The Balaban J connectivity index is 2.49. The number of carbonyl (C=O) groups excluding carboxylic acids is 1. The number of rotatable bonds is 7. The lowest BCUT2D eigenvalue weighted by Gasteiger charge is -2.17. The van der Waals surface area contributed by atoms with Crippen molar-refractivity contribution in [3.8, 4) is 0 Å². The lowest BCUT2D eigenvalue weighted by Crippen LogP contribution is -2.33. The SMILES string of the molecule is CCN(CCCNC(=O)c1cc(Br)ccc1Cl)S(C)(=O)=O. The van der Waals surface area contributed by atoms with Crippen LogP contribution < -0.4 is 5.32 Å². The normalized spacial score (nSPS) is 11.7. The molecule has 1 amide bonds. The van der Waals surface area contributed by atoms with Gasteiger partial charge in [0, 0.05) is 24.1 Å². The van der Waals surface area contributed by atoms with Crippen LogP contribution in [0.15, 0.2) is 22.7 Å². The fraction of sp³-hybridized carbons (Fsp3) is 0.462. The van der Waals surface area contributed by atoms with E-state index in [4.69, 9.17) is 11.6 Å². The van der Waals surface area contributed by atoms with Crippen molar-refractivity contribution < 1.29 is 13.2 Å². The Bertz CT molecular complexity index is 607. The van der Waals surface area contributed by atoms with E-state index in [2.05, 4.69) is 21.2 Å². The maximum absolute atomic E-state index is 12.0. The van der Waals surface area contributed by atoms with E-state index in [-0.39, 0.29) is 5.91 Å². The second-order valence-electron chi connectivity index (χ2n) is 4.49. The molecule has 1 aromatic carbocycles. The highest BCUT2D eigenvalue weighted by Crippen LogP contribution is 2.20. The second-order valence-corrected chi connectivity index (χ2v) is 7.79. The largest absolute Gasteiger partial charge is 0.352 e. The minimum atomic E-state index is -3.19. The monoisotopic (exact) mass is 396 g/mol. The van der Waals surface area contributed by atoms with Crippen LogP contribution in [0.25, 0.3) is 0 Å². The standard InChI is InChI=1S/C13H18BrClN2O3S/c1-3-17(21(2,19)20)8-4-7-16-13(18)11-9-10(14)5-6-12(11)15/h5-6,9H,3-4,7-8H2,1-2H3,(H,16,18). The van der Waals surface area contributed by atoms with Crippen LogP contribution in [-0.4, -0.2) is 44.5 Å². The molecule has 118 valence electrons. The van der Waals surface area contributed by atoms with Crippen molar-refractivity contribution in [3.05, 3.63) is 33.3 Å². The Kier molecular flexibility index (Phi) is 7.12. The third-order valence-electron chi connectivity index (χ3n) is 2.86. The minimum Gasteiger partial charge on any atom is -0.352 e. The van der Waals surface area contributed by atoms with Crippen LogP contribution in [0.5, 0.6) is 0 Å². The Labute approximate surface area is 138 Å². The van der Waals surface area contributed by atoms with E-state index in [9.17, 15) is 13.2 Å². The summed E-state index contributed by atoms with van der Waals surface area (Å²) in [5.74, 6) is -0.274. The molecule has 5 nitrogen and oxygen atoms in total.